The van der Waals surface area contributed by atoms with E-state index in [0.717, 1.165) is 24.2 Å². The monoisotopic (exact) mass is 401 g/mol. The summed E-state index contributed by atoms with van der Waals surface area (Å²) in [6, 6.07) is 10.4. The van der Waals surface area contributed by atoms with Gasteiger partial charge >= 0.3 is 0 Å². The van der Waals surface area contributed by atoms with Crippen LogP contribution in [0.1, 0.15) is 28.2 Å². The average Bonchev–Trinajstić information content (AvgIpc) is 3.13. The van der Waals surface area contributed by atoms with E-state index in [4.69, 9.17) is 23.2 Å². The van der Waals surface area contributed by atoms with E-state index in [1.807, 2.05) is 6.07 Å². The molecule has 0 fully saturated rings. The lowest BCUT2D eigenvalue weighted by atomic mass is 10.1. The first-order valence-electron chi connectivity index (χ1n) is 8.67. The topological polar surface area (TPSA) is 55.2 Å². The third-order valence-electron chi connectivity index (χ3n) is 4.85. The van der Waals surface area contributed by atoms with Crippen molar-refractivity contribution in [1.29, 1.82) is 0 Å². The Morgan fingerprint density at radius 2 is 2.07 bits per heavy atom. The molecule has 3 aromatic rings. The number of amides is 1. The van der Waals surface area contributed by atoms with Crippen LogP contribution < -0.4 is 5.56 Å². The van der Waals surface area contributed by atoms with Crippen molar-refractivity contribution >= 4 is 40.0 Å². The molecule has 2 heterocycles. The number of hydrogen-bond acceptors (Lipinski definition) is 3. The van der Waals surface area contributed by atoms with Gasteiger partial charge in [-0.3, -0.25) is 14.2 Å². The zero-order chi connectivity index (χ0) is 19.1. The summed E-state index contributed by atoms with van der Waals surface area (Å²) >= 11 is 12.3. The predicted molar refractivity (Wildman–Crippen MR) is 107 cm³/mol. The number of aryl methyl sites for hydroxylation is 1. The first-order valence-corrected chi connectivity index (χ1v) is 9.43. The normalized spacial score (nSPS) is 13.0. The Labute approximate surface area is 166 Å². The lowest BCUT2D eigenvalue weighted by molar-refractivity contribution is 0.0785. The number of nitrogens with zero attached hydrogens (tertiary/aromatic N) is 3. The summed E-state index contributed by atoms with van der Waals surface area (Å²) in [5.41, 5.74) is 1.78. The number of halogens is 2. The maximum Gasteiger partial charge on any atom is 0.261 e. The average molecular weight is 402 g/mol. The molecular weight excluding hydrogens is 385 g/mol. The lowest BCUT2D eigenvalue weighted by Crippen LogP contribution is -2.27. The molecule has 0 atom stereocenters. The van der Waals surface area contributed by atoms with Crippen molar-refractivity contribution in [3.63, 3.8) is 0 Å². The third kappa shape index (κ3) is 3.22. The summed E-state index contributed by atoms with van der Waals surface area (Å²) in [6.45, 7) is 1.04. The van der Waals surface area contributed by atoms with Crippen LogP contribution in [0.15, 0.2) is 41.2 Å². The zero-order valence-electron chi connectivity index (χ0n) is 14.7. The van der Waals surface area contributed by atoms with Crippen LogP contribution in [0.3, 0.4) is 0 Å². The van der Waals surface area contributed by atoms with Crippen LogP contribution in [0.25, 0.3) is 10.9 Å². The van der Waals surface area contributed by atoms with Gasteiger partial charge in [-0.15, -0.1) is 0 Å². The van der Waals surface area contributed by atoms with Gasteiger partial charge in [0.25, 0.3) is 11.5 Å². The van der Waals surface area contributed by atoms with Crippen molar-refractivity contribution in [2.24, 2.45) is 0 Å². The molecule has 7 heteroatoms. The van der Waals surface area contributed by atoms with Crippen molar-refractivity contribution in [2.45, 2.75) is 25.9 Å². The molecule has 0 aliphatic carbocycles. The molecule has 1 aliphatic heterocycles. The SMILES string of the molecule is CN(Cc1cccc(Cl)c1Cl)C(=O)c1ccc2c(=O)n3c(nc2c1)CCC3. The van der Waals surface area contributed by atoms with Gasteiger partial charge in [-0.1, -0.05) is 35.3 Å². The Kier molecular flexibility index (Phi) is 4.66. The molecule has 0 unspecified atom stereocenters. The van der Waals surface area contributed by atoms with Gasteiger partial charge < -0.3 is 4.90 Å². The fourth-order valence-electron chi connectivity index (χ4n) is 3.44. The van der Waals surface area contributed by atoms with E-state index >= 15 is 0 Å². The maximum atomic E-state index is 12.8. The van der Waals surface area contributed by atoms with Gasteiger partial charge in [-0.2, -0.15) is 0 Å². The van der Waals surface area contributed by atoms with Crippen LogP contribution in [-0.4, -0.2) is 27.4 Å². The number of benzene rings is 2. The smallest absolute Gasteiger partial charge is 0.261 e. The predicted octanol–water partition coefficient (Wildman–Crippen LogP) is 3.92. The molecule has 0 saturated heterocycles. The maximum absolute atomic E-state index is 12.8. The Balaban J connectivity index is 1.65. The highest BCUT2D eigenvalue weighted by atomic mass is 35.5. The van der Waals surface area contributed by atoms with E-state index in [0.29, 0.717) is 39.6 Å². The second-order valence-electron chi connectivity index (χ2n) is 6.69. The van der Waals surface area contributed by atoms with Crippen molar-refractivity contribution < 1.29 is 4.79 Å². The second kappa shape index (κ2) is 6.98. The largest absolute Gasteiger partial charge is 0.337 e. The fourth-order valence-corrected chi connectivity index (χ4v) is 3.81. The third-order valence-corrected chi connectivity index (χ3v) is 5.71. The van der Waals surface area contributed by atoms with Crippen molar-refractivity contribution in [1.82, 2.24) is 14.5 Å². The van der Waals surface area contributed by atoms with Gasteiger partial charge in [0.2, 0.25) is 0 Å². The Hall–Kier alpha value is -2.37. The molecule has 0 N–H and O–H groups in total. The van der Waals surface area contributed by atoms with Crippen LogP contribution in [0, 0.1) is 0 Å². The van der Waals surface area contributed by atoms with E-state index in [1.54, 1.807) is 46.8 Å². The lowest BCUT2D eigenvalue weighted by Gasteiger charge is -2.18. The molecular formula is C20H17Cl2N3O2. The summed E-state index contributed by atoms with van der Waals surface area (Å²) in [7, 11) is 1.70. The first kappa shape index (κ1) is 18.0. The van der Waals surface area contributed by atoms with E-state index in [9.17, 15) is 9.59 Å². The summed E-state index contributed by atoms with van der Waals surface area (Å²) in [6.07, 6.45) is 1.71. The van der Waals surface area contributed by atoms with Crippen LogP contribution in [0.4, 0.5) is 0 Å². The van der Waals surface area contributed by atoms with Crippen LogP contribution >= 0.6 is 23.2 Å². The molecule has 27 heavy (non-hydrogen) atoms. The molecule has 5 nitrogen and oxygen atoms in total. The minimum Gasteiger partial charge on any atom is -0.337 e. The Morgan fingerprint density at radius 3 is 2.89 bits per heavy atom. The highest BCUT2D eigenvalue weighted by molar-refractivity contribution is 6.42. The molecule has 1 amide bonds. The Bertz CT molecular complexity index is 1120. The molecule has 0 saturated carbocycles. The minimum absolute atomic E-state index is 0.0365. The fraction of sp³-hybridized carbons (Fsp3) is 0.250. The summed E-state index contributed by atoms with van der Waals surface area (Å²) < 4.78 is 1.72. The number of carbonyl (C=O) groups excluding carboxylic acids is 1. The van der Waals surface area contributed by atoms with Gasteiger partial charge in [-0.25, -0.2) is 4.98 Å². The summed E-state index contributed by atoms with van der Waals surface area (Å²) in [4.78, 5) is 31.5. The van der Waals surface area contributed by atoms with Crippen LogP contribution in [-0.2, 0) is 19.5 Å². The van der Waals surface area contributed by atoms with Gasteiger partial charge in [-0.05, 0) is 36.2 Å². The van der Waals surface area contributed by atoms with E-state index < -0.39 is 0 Å². The van der Waals surface area contributed by atoms with Crippen molar-refractivity contribution in [3.05, 3.63) is 73.7 Å². The zero-order valence-corrected chi connectivity index (χ0v) is 16.2. The van der Waals surface area contributed by atoms with Gasteiger partial charge in [0, 0.05) is 32.1 Å². The number of rotatable bonds is 3. The summed E-state index contributed by atoms with van der Waals surface area (Å²) in [5, 5.41) is 1.44. The summed E-state index contributed by atoms with van der Waals surface area (Å²) in [5.74, 6) is 0.617. The van der Waals surface area contributed by atoms with E-state index in [-0.39, 0.29) is 11.5 Å². The molecule has 0 spiro atoms. The van der Waals surface area contributed by atoms with Crippen molar-refractivity contribution in [3.8, 4) is 0 Å². The Morgan fingerprint density at radius 1 is 1.26 bits per heavy atom. The molecule has 138 valence electrons. The van der Waals surface area contributed by atoms with Gasteiger partial charge in [0.05, 0.1) is 20.9 Å². The minimum atomic E-state index is -0.171. The van der Waals surface area contributed by atoms with Crippen LogP contribution in [0.5, 0.6) is 0 Å². The van der Waals surface area contributed by atoms with Gasteiger partial charge in [0.1, 0.15) is 5.82 Å². The number of hydrogen-bond donors (Lipinski definition) is 0. The quantitative estimate of drug-likeness (QED) is 0.667. The molecule has 4 rings (SSSR count). The van der Waals surface area contributed by atoms with Gasteiger partial charge in [0.15, 0.2) is 0 Å². The number of aromatic nitrogens is 2. The second-order valence-corrected chi connectivity index (χ2v) is 7.48. The van der Waals surface area contributed by atoms with Crippen molar-refractivity contribution in [2.75, 3.05) is 7.05 Å². The molecule has 0 radical (unpaired) electrons. The highest BCUT2D eigenvalue weighted by Crippen LogP contribution is 2.26. The molecule has 1 aromatic heterocycles. The number of carbonyl (C=O) groups is 1. The standard InChI is InChI=1S/C20H17Cl2N3O2/c1-24(11-13-4-2-5-15(21)18(13)22)19(26)12-7-8-14-16(10-12)23-17-6-3-9-25(17)20(14)27/h2,4-5,7-8,10H,3,6,9,11H2,1H3. The molecule has 1 aliphatic rings. The van der Waals surface area contributed by atoms with E-state index in [1.165, 1.54) is 0 Å². The van der Waals surface area contributed by atoms with Crippen LogP contribution in [0.2, 0.25) is 10.0 Å². The molecule has 0 bridgehead atoms. The first-order chi connectivity index (χ1) is 13.0. The highest BCUT2D eigenvalue weighted by Gasteiger charge is 2.19. The van der Waals surface area contributed by atoms with E-state index in [2.05, 4.69) is 4.98 Å². The number of fused-ring (bicyclic) bond motifs is 2. The molecule has 2 aromatic carbocycles.